The summed E-state index contributed by atoms with van der Waals surface area (Å²) in [6.45, 7) is -0.770. The third kappa shape index (κ3) is 4.62. The lowest BCUT2D eigenvalue weighted by Crippen LogP contribution is -2.42. The minimum atomic E-state index is -5.69. The summed E-state index contributed by atoms with van der Waals surface area (Å²) in [4.78, 5) is 5.60. The fourth-order valence-electron chi connectivity index (χ4n) is 2.49. The number of aromatic nitrogens is 1. The van der Waals surface area contributed by atoms with Gasteiger partial charge in [-0.15, -0.1) is 0 Å². The summed E-state index contributed by atoms with van der Waals surface area (Å²) in [5.74, 6) is -4.81. The van der Waals surface area contributed by atoms with E-state index in [2.05, 4.69) is 4.98 Å². The van der Waals surface area contributed by atoms with E-state index in [0.29, 0.717) is 31.6 Å². The average Bonchev–Trinajstić information content (AvgIpc) is 2.59. The highest BCUT2D eigenvalue weighted by atomic mass is 19.4. The molecule has 0 saturated carbocycles. The highest BCUT2D eigenvalue weighted by Gasteiger charge is 2.58. The first-order chi connectivity index (χ1) is 11.7. The van der Waals surface area contributed by atoms with Crippen LogP contribution in [0.25, 0.3) is 0 Å². The monoisotopic (exact) mass is 370 g/mol. The SMILES string of the molecule is COc1cc(N2CCC(CO)CC2)c(OCC(F)(F)C(F)(F)F)cn1. The first-order valence-corrected chi connectivity index (χ1v) is 7.65. The molecule has 0 amide bonds. The van der Waals surface area contributed by atoms with Gasteiger partial charge in [-0.25, -0.2) is 4.98 Å². The van der Waals surface area contributed by atoms with Gasteiger partial charge in [-0.1, -0.05) is 0 Å². The van der Waals surface area contributed by atoms with Crippen LogP contribution >= 0.6 is 0 Å². The molecule has 1 aliphatic heterocycles. The molecule has 2 rings (SSSR count). The van der Waals surface area contributed by atoms with Gasteiger partial charge in [0, 0.05) is 25.8 Å². The molecule has 1 fully saturated rings. The standard InChI is InChI=1S/C15H19F5N2O3/c1-24-13-6-11(22-4-2-10(8-23)3-5-22)12(7-21-13)25-9-14(16,17)15(18,19)20/h6-7,10,23H,2-5,8-9H2,1H3. The lowest BCUT2D eigenvalue weighted by Gasteiger charge is -2.34. The predicted octanol–water partition coefficient (Wildman–Crippen LogP) is 2.88. The van der Waals surface area contributed by atoms with Crippen LogP contribution in [0.2, 0.25) is 0 Å². The van der Waals surface area contributed by atoms with Crippen molar-refractivity contribution in [2.45, 2.75) is 24.9 Å². The van der Waals surface area contributed by atoms with Gasteiger partial charge in [0.25, 0.3) is 0 Å². The molecule has 5 nitrogen and oxygen atoms in total. The van der Waals surface area contributed by atoms with E-state index < -0.39 is 18.7 Å². The Hall–Kier alpha value is -1.84. The summed E-state index contributed by atoms with van der Waals surface area (Å²) in [6.07, 6.45) is -3.29. The Labute approximate surface area is 141 Å². The molecule has 10 heteroatoms. The number of methoxy groups -OCH3 is 1. The zero-order valence-corrected chi connectivity index (χ0v) is 13.5. The zero-order valence-electron chi connectivity index (χ0n) is 13.5. The van der Waals surface area contributed by atoms with E-state index >= 15 is 0 Å². The zero-order chi connectivity index (χ0) is 18.7. The molecule has 1 aliphatic rings. The van der Waals surface area contributed by atoms with Crippen molar-refractivity contribution in [2.24, 2.45) is 5.92 Å². The second-order valence-electron chi connectivity index (χ2n) is 5.80. The molecule has 2 heterocycles. The van der Waals surface area contributed by atoms with Crippen LogP contribution in [0, 0.1) is 5.92 Å². The van der Waals surface area contributed by atoms with E-state index in [9.17, 15) is 27.1 Å². The number of pyridine rings is 1. The minimum Gasteiger partial charge on any atom is -0.483 e. The summed E-state index contributed by atoms with van der Waals surface area (Å²) >= 11 is 0. The van der Waals surface area contributed by atoms with Crippen molar-refractivity contribution in [2.75, 3.05) is 38.3 Å². The first-order valence-electron chi connectivity index (χ1n) is 7.65. The molecule has 0 spiro atoms. The van der Waals surface area contributed by atoms with Crippen LogP contribution in [-0.2, 0) is 0 Å². The Morgan fingerprint density at radius 3 is 2.40 bits per heavy atom. The fourth-order valence-corrected chi connectivity index (χ4v) is 2.49. The number of aliphatic hydroxyl groups is 1. The van der Waals surface area contributed by atoms with Crippen LogP contribution in [0.5, 0.6) is 11.6 Å². The Kier molecular flexibility index (Phi) is 5.91. The number of ether oxygens (including phenoxy) is 2. The lowest BCUT2D eigenvalue weighted by molar-refractivity contribution is -0.289. The third-order valence-electron chi connectivity index (χ3n) is 4.07. The molecule has 0 aliphatic carbocycles. The first kappa shape index (κ1) is 19.5. The highest BCUT2D eigenvalue weighted by molar-refractivity contribution is 5.59. The van der Waals surface area contributed by atoms with E-state index in [0.717, 1.165) is 6.20 Å². The number of rotatable bonds is 6. The maximum absolute atomic E-state index is 13.1. The maximum atomic E-state index is 13.1. The smallest absolute Gasteiger partial charge is 0.456 e. The number of aliphatic hydroxyl groups excluding tert-OH is 1. The fraction of sp³-hybridized carbons (Fsp3) is 0.667. The summed E-state index contributed by atoms with van der Waals surface area (Å²) in [7, 11) is 1.36. The van der Waals surface area contributed by atoms with E-state index in [1.165, 1.54) is 13.2 Å². The van der Waals surface area contributed by atoms with Crippen LogP contribution in [0.1, 0.15) is 12.8 Å². The van der Waals surface area contributed by atoms with Crippen LogP contribution in [-0.4, -0.2) is 55.6 Å². The van der Waals surface area contributed by atoms with Gasteiger partial charge in [-0.3, -0.25) is 0 Å². The normalized spacial score (nSPS) is 16.8. The summed E-state index contributed by atoms with van der Waals surface area (Å²) < 4.78 is 72.8. The van der Waals surface area contributed by atoms with Crippen LogP contribution < -0.4 is 14.4 Å². The Morgan fingerprint density at radius 2 is 1.88 bits per heavy atom. The van der Waals surface area contributed by atoms with Gasteiger partial charge in [0.15, 0.2) is 12.4 Å². The number of piperidine rings is 1. The average molecular weight is 370 g/mol. The number of hydrogen-bond donors (Lipinski definition) is 1. The third-order valence-corrected chi connectivity index (χ3v) is 4.07. The van der Waals surface area contributed by atoms with Crippen molar-refractivity contribution in [3.8, 4) is 11.6 Å². The molecule has 0 aromatic carbocycles. The molecule has 1 aromatic heterocycles. The van der Waals surface area contributed by atoms with E-state index in [1.54, 1.807) is 4.90 Å². The molecular formula is C15H19F5N2O3. The molecule has 0 atom stereocenters. The van der Waals surface area contributed by atoms with Gasteiger partial charge in [-0.05, 0) is 18.8 Å². The molecule has 1 N–H and O–H groups in total. The molecule has 25 heavy (non-hydrogen) atoms. The number of hydrogen-bond acceptors (Lipinski definition) is 5. The van der Waals surface area contributed by atoms with Crippen molar-refractivity contribution < 1.29 is 36.5 Å². The van der Waals surface area contributed by atoms with Gasteiger partial charge in [0.2, 0.25) is 5.88 Å². The van der Waals surface area contributed by atoms with E-state index in [1.807, 2.05) is 0 Å². The van der Waals surface area contributed by atoms with Crippen LogP contribution in [0.4, 0.5) is 27.6 Å². The molecular weight excluding hydrogens is 351 g/mol. The van der Waals surface area contributed by atoms with Gasteiger partial charge in [-0.2, -0.15) is 22.0 Å². The largest absolute Gasteiger partial charge is 0.483 e. The van der Waals surface area contributed by atoms with E-state index in [-0.39, 0.29) is 24.2 Å². The number of alkyl halides is 5. The Bertz CT molecular complexity index is 575. The molecule has 1 aromatic rings. The Morgan fingerprint density at radius 1 is 1.24 bits per heavy atom. The van der Waals surface area contributed by atoms with Gasteiger partial charge in [0.1, 0.15) is 0 Å². The topological polar surface area (TPSA) is 54.8 Å². The number of anilines is 1. The van der Waals surface area contributed by atoms with Gasteiger partial charge >= 0.3 is 12.1 Å². The van der Waals surface area contributed by atoms with Crippen molar-refractivity contribution in [3.63, 3.8) is 0 Å². The summed E-state index contributed by atoms with van der Waals surface area (Å²) in [5, 5.41) is 9.17. The van der Waals surface area contributed by atoms with Crippen molar-refractivity contribution in [1.29, 1.82) is 0 Å². The molecule has 0 bridgehead atoms. The second-order valence-corrected chi connectivity index (χ2v) is 5.80. The minimum absolute atomic E-state index is 0.0503. The molecule has 0 radical (unpaired) electrons. The molecule has 142 valence electrons. The molecule has 0 unspecified atom stereocenters. The van der Waals surface area contributed by atoms with Crippen molar-refractivity contribution in [3.05, 3.63) is 12.3 Å². The summed E-state index contributed by atoms with van der Waals surface area (Å²) in [5.41, 5.74) is 0.334. The molecule has 1 saturated heterocycles. The van der Waals surface area contributed by atoms with Crippen LogP contribution in [0.3, 0.4) is 0 Å². The van der Waals surface area contributed by atoms with Gasteiger partial charge in [0.05, 0.1) is 19.0 Å². The lowest BCUT2D eigenvalue weighted by atomic mass is 9.97. The second kappa shape index (κ2) is 7.59. The van der Waals surface area contributed by atoms with Crippen LogP contribution in [0.15, 0.2) is 12.3 Å². The quantitative estimate of drug-likeness (QED) is 0.781. The van der Waals surface area contributed by atoms with Crippen molar-refractivity contribution >= 4 is 5.69 Å². The van der Waals surface area contributed by atoms with Gasteiger partial charge < -0.3 is 19.5 Å². The maximum Gasteiger partial charge on any atom is 0.456 e. The highest BCUT2D eigenvalue weighted by Crippen LogP contribution is 2.38. The Balaban J connectivity index is 2.18. The summed E-state index contributed by atoms with van der Waals surface area (Å²) in [6, 6.07) is 1.43. The van der Waals surface area contributed by atoms with E-state index in [4.69, 9.17) is 9.47 Å². The number of halogens is 5. The predicted molar refractivity (Wildman–Crippen MR) is 79.3 cm³/mol. The number of nitrogens with zero attached hydrogens (tertiary/aromatic N) is 2. The van der Waals surface area contributed by atoms with Crippen molar-refractivity contribution in [1.82, 2.24) is 4.98 Å².